The van der Waals surface area contributed by atoms with Crippen molar-refractivity contribution in [3.05, 3.63) is 18.5 Å². The zero-order chi connectivity index (χ0) is 14.4. The summed E-state index contributed by atoms with van der Waals surface area (Å²) in [7, 11) is 0. The van der Waals surface area contributed by atoms with Crippen molar-refractivity contribution >= 4 is 11.9 Å². The molecule has 1 aliphatic rings. The molecule has 0 bridgehead atoms. The maximum Gasteiger partial charge on any atom is 0.222 e. The standard InChI is InChI=1S/C14H22N4O2/c1-14(2)10-11(5-9-20-14)18-12(19)4-8-17-13-15-6-3-7-16-13/h3,6-7,11H,4-5,8-10H2,1-2H3,(H,18,19)(H,15,16,17)/t11-/m0/s1. The lowest BCUT2D eigenvalue weighted by molar-refractivity contribution is -0.123. The number of rotatable bonds is 5. The minimum Gasteiger partial charge on any atom is -0.375 e. The third kappa shape index (κ3) is 4.77. The van der Waals surface area contributed by atoms with Gasteiger partial charge in [-0.3, -0.25) is 4.79 Å². The van der Waals surface area contributed by atoms with E-state index in [1.54, 1.807) is 18.5 Å². The van der Waals surface area contributed by atoms with Crippen LogP contribution in [0.3, 0.4) is 0 Å². The maximum absolute atomic E-state index is 11.9. The van der Waals surface area contributed by atoms with E-state index in [1.165, 1.54) is 0 Å². The van der Waals surface area contributed by atoms with Crippen molar-refractivity contribution in [3.63, 3.8) is 0 Å². The van der Waals surface area contributed by atoms with Crippen molar-refractivity contribution < 1.29 is 9.53 Å². The fourth-order valence-corrected chi connectivity index (χ4v) is 2.33. The number of nitrogens with zero attached hydrogens (tertiary/aromatic N) is 2. The maximum atomic E-state index is 11.9. The largest absolute Gasteiger partial charge is 0.375 e. The first-order valence-electron chi connectivity index (χ1n) is 6.99. The van der Waals surface area contributed by atoms with Crippen molar-refractivity contribution in [1.82, 2.24) is 15.3 Å². The Kier molecular flexibility index (Phi) is 4.89. The van der Waals surface area contributed by atoms with E-state index < -0.39 is 0 Å². The van der Waals surface area contributed by atoms with Gasteiger partial charge in [0, 0.05) is 38.0 Å². The first-order valence-corrected chi connectivity index (χ1v) is 6.99. The average Bonchev–Trinajstić information content (AvgIpc) is 2.38. The molecule has 0 unspecified atom stereocenters. The molecule has 1 aromatic rings. The van der Waals surface area contributed by atoms with Gasteiger partial charge in [-0.25, -0.2) is 9.97 Å². The molecule has 20 heavy (non-hydrogen) atoms. The average molecular weight is 278 g/mol. The molecule has 1 amide bonds. The monoisotopic (exact) mass is 278 g/mol. The number of carbonyl (C=O) groups is 1. The van der Waals surface area contributed by atoms with Gasteiger partial charge in [0.25, 0.3) is 0 Å². The summed E-state index contributed by atoms with van der Waals surface area (Å²) in [6, 6.07) is 1.96. The lowest BCUT2D eigenvalue weighted by Gasteiger charge is -2.35. The normalized spacial score (nSPS) is 21.2. The minimum absolute atomic E-state index is 0.0520. The molecule has 0 aliphatic carbocycles. The summed E-state index contributed by atoms with van der Waals surface area (Å²) >= 11 is 0. The predicted molar refractivity (Wildman–Crippen MR) is 76.3 cm³/mol. The smallest absolute Gasteiger partial charge is 0.222 e. The molecular weight excluding hydrogens is 256 g/mol. The van der Waals surface area contributed by atoms with Crippen LogP contribution in [-0.4, -0.2) is 40.7 Å². The van der Waals surface area contributed by atoms with Crippen LogP contribution in [0.1, 0.15) is 33.1 Å². The molecule has 1 saturated heterocycles. The van der Waals surface area contributed by atoms with Gasteiger partial charge in [-0.15, -0.1) is 0 Å². The van der Waals surface area contributed by atoms with Crippen molar-refractivity contribution in [2.75, 3.05) is 18.5 Å². The van der Waals surface area contributed by atoms with Crippen molar-refractivity contribution in [2.24, 2.45) is 0 Å². The molecule has 1 aromatic heterocycles. The molecule has 0 aromatic carbocycles. The topological polar surface area (TPSA) is 76.1 Å². The zero-order valence-electron chi connectivity index (χ0n) is 12.1. The molecule has 1 atom stereocenters. The molecule has 6 heteroatoms. The molecule has 1 fully saturated rings. The summed E-state index contributed by atoms with van der Waals surface area (Å²) in [5, 5.41) is 6.08. The van der Waals surface area contributed by atoms with Gasteiger partial charge in [0.15, 0.2) is 0 Å². The Bertz CT molecular complexity index is 436. The predicted octanol–water partition coefficient (Wildman–Crippen LogP) is 1.35. The van der Waals surface area contributed by atoms with E-state index in [9.17, 15) is 4.79 Å². The first kappa shape index (κ1) is 14.7. The molecule has 0 saturated carbocycles. The number of nitrogens with one attached hydrogen (secondary N) is 2. The van der Waals surface area contributed by atoms with Gasteiger partial charge in [-0.05, 0) is 32.8 Å². The SMILES string of the molecule is CC1(C)C[C@@H](NC(=O)CCNc2ncccn2)CCO1. The van der Waals surface area contributed by atoms with Crippen molar-refractivity contribution in [1.29, 1.82) is 0 Å². The summed E-state index contributed by atoms with van der Waals surface area (Å²) in [6.07, 6.45) is 5.48. The van der Waals surface area contributed by atoms with Crippen LogP contribution in [0.4, 0.5) is 5.95 Å². The number of carbonyl (C=O) groups excluding carboxylic acids is 1. The van der Waals surface area contributed by atoms with Crippen LogP contribution in [-0.2, 0) is 9.53 Å². The Morgan fingerprint density at radius 2 is 2.20 bits per heavy atom. The Balaban J connectivity index is 1.68. The van der Waals surface area contributed by atoms with Gasteiger partial charge in [0.05, 0.1) is 5.60 Å². The molecule has 6 nitrogen and oxygen atoms in total. The van der Waals surface area contributed by atoms with E-state index in [1.807, 2.05) is 0 Å². The fourth-order valence-electron chi connectivity index (χ4n) is 2.33. The van der Waals surface area contributed by atoms with Gasteiger partial charge >= 0.3 is 0 Å². The number of hydrogen-bond acceptors (Lipinski definition) is 5. The van der Waals surface area contributed by atoms with E-state index in [2.05, 4.69) is 34.4 Å². The lowest BCUT2D eigenvalue weighted by Crippen LogP contribution is -2.46. The zero-order valence-corrected chi connectivity index (χ0v) is 12.1. The molecule has 0 radical (unpaired) electrons. The second-order valence-corrected chi connectivity index (χ2v) is 5.61. The summed E-state index contributed by atoms with van der Waals surface area (Å²) in [4.78, 5) is 20.0. The summed E-state index contributed by atoms with van der Waals surface area (Å²) in [6.45, 7) is 5.34. The van der Waals surface area contributed by atoms with Crippen molar-refractivity contribution in [3.8, 4) is 0 Å². The van der Waals surface area contributed by atoms with E-state index in [-0.39, 0.29) is 17.6 Å². The Morgan fingerprint density at radius 3 is 2.90 bits per heavy atom. The van der Waals surface area contributed by atoms with E-state index in [0.29, 0.717) is 25.5 Å². The van der Waals surface area contributed by atoms with Crippen LogP contribution >= 0.6 is 0 Å². The quantitative estimate of drug-likeness (QED) is 0.850. The molecule has 2 heterocycles. The Morgan fingerprint density at radius 1 is 1.45 bits per heavy atom. The Hall–Kier alpha value is -1.69. The van der Waals surface area contributed by atoms with E-state index in [4.69, 9.17) is 4.74 Å². The number of amides is 1. The minimum atomic E-state index is -0.147. The van der Waals surface area contributed by atoms with Crippen LogP contribution in [0.15, 0.2) is 18.5 Å². The highest BCUT2D eigenvalue weighted by Crippen LogP contribution is 2.23. The number of ether oxygens (including phenoxy) is 1. The second-order valence-electron chi connectivity index (χ2n) is 5.61. The molecule has 2 N–H and O–H groups in total. The number of aromatic nitrogens is 2. The lowest BCUT2D eigenvalue weighted by atomic mass is 9.94. The summed E-state index contributed by atoms with van der Waals surface area (Å²) in [5.41, 5.74) is -0.147. The third-order valence-electron chi connectivity index (χ3n) is 3.26. The molecule has 2 rings (SSSR count). The molecule has 1 aliphatic heterocycles. The molecule has 110 valence electrons. The summed E-state index contributed by atoms with van der Waals surface area (Å²) < 4.78 is 5.64. The van der Waals surface area contributed by atoms with E-state index >= 15 is 0 Å². The first-order chi connectivity index (χ1) is 9.55. The van der Waals surface area contributed by atoms with Crippen LogP contribution in [0.25, 0.3) is 0 Å². The van der Waals surface area contributed by atoms with Gasteiger partial charge in [0.1, 0.15) is 0 Å². The van der Waals surface area contributed by atoms with Crippen LogP contribution in [0, 0.1) is 0 Å². The number of anilines is 1. The van der Waals surface area contributed by atoms with Crippen LogP contribution in [0.2, 0.25) is 0 Å². The van der Waals surface area contributed by atoms with Crippen LogP contribution in [0.5, 0.6) is 0 Å². The fraction of sp³-hybridized carbons (Fsp3) is 0.643. The molecular formula is C14H22N4O2. The van der Waals surface area contributed by atoms with Crippen molar-refractivity contribution in [2.45, 2.75) is 44.8 Å². The third-order valence-corrected chi connectivity index (χ3v) is 3.26. The van der Waals surface area contributed by atoms with Gasteiger partial charge in [0.2, 0.25) is 11.9 Å². The highest BCUT2D eigenvalue weighted by molar-refractivity contribution is 5.76. The molecule has 0 spiro atoms. The summed E-state index contributed by atoms with van der Waals surface area (Å²) in [5.74, 6) is 0.601. The van der Waals surface area contributed by atoms with Crippen LogP contribution < -0.4 is 10.6 Å². The number of hydrogen-bond donors (Lipinski definition) is 2. The highest BCUT2D eigenvalue weighted by atomic mass is 16.5. The van der Waals surface area contributed by atoms with Gasteiger partial charge < -0.3 is 15.4 Å². The Labute approximate surface area is 119 Å². The van der Waals surface area contributed by atoms with Gasteiger partial charge in [-0.1, -0.05) is 0 Å². The van der Waals surface area contributed by atoms with Gasteiger partial charge in [-0.2, -0.15) is 0 Å². The van der Waals surface area contributed by atoms with E-state index in [0.717, 1.165) is 12.8 Å². The highest BCUT2D eigenvalue weighted by Gasteiger charge is 2.29. The second kappa shape index (κ2) is 6.65.